The Kier molecular flexibility index (Phi) is 6.92. The standard InChI is InChI=1S/C15H21FN2O2.ClH/c1-10(14-12(16)4-3-5-13(14)20-2)18-15(19)11-6-8-17-9-7-11;/h3-5,10-11,17H,6-9H2,1-2H3,(H,18,19);1H. The van der Waals surface area contributed by atoms with Gasteiger partial charge in [-0.3, -0.25) is 4.79 Å². The highest BCUT2D eigenvalue weighted by Gasteiger charge is 2.24. The number of hydrogen-bond acceptors (Lipinski definition) is 3. The Morgan fingerprint density at radius 2 is 2.10 bits per heavy atom. The van der Waals surface area contributed by atoms with E-state index in [1.807, 2.05) is 0 Å². The molecule has 1 fully saturated rings. The molecule has 1 unspecified atom stereocenters. The zero-order chi connectivity index (χ0) is 14.5. The lowest BCUT2D eigenvalue weighted by molar-refractivity contribution is -0.126. The number of amides is 1. The molecule has 21 heavy (non-hydrogen) atoms. The average molecular weight is 317 g/mol. The zero-order valence-corrected chi connectivity index (χ0v) is 13.1. The van der Waals surface area contributed by atoms with Crippen molar-refractivity contribution in [2.75, 3.05) is 20.2 Å². The number of halogens is 2. The number of hydrogen-bond donors (Lipinski definition) is 2. The third kappa shape index (κ3) is 4.32. The Labute approximate surface area is 130 Å². The van der Waals surface area contributed by atoms with Crippen molar-refractivity contribution in [3.63, 3.8) is 0 Å². The van der Waals surface area contributed by atoms with Crippen LogP contribution in [0.5, 0.6) is 5.75 Å². The van der Waals surface area contributed by atoms with Crippen molar-refractivity contribution in [2.24, 2.45) is 5.92 Å². The van der Waals surface area contributed by atoms with Gasteiger partial charge in [0, 0.05) is 5.92 Å². The average Bonchev–Trinajstić information content (AvgIpc) is 2.47. The van der Waals surface area contributed by atoms with E-state index in [4.69, 9.17) is 4.74 Å². The van der Waals surface area contributed by atoms with E-state index >= 15 is 0 Å². The Morgan fingerprint density at radius 3 is 2.71 bits per heavy atom. The largest absolute Gasteiger partial charge is 0.496 e. The van der Waals surface area contributed by atoms with Crippen LogP contribution in [0.3, 0.4) is 0 Å². The van der Waals surface area contributed by atoms with E-state index in [1.54, 1.807) is 19.1 Å². The number of rotatable bonds is 4. The molecule has 1 heterocycles. The monoisotopic (exact) mass is 316 g/mol. The molecule has 2 rings (SSSR count). The molecule has 6 heteroatoms. The molecule has 0 radical (unpaired) electrons. The highest BCUT2D eigenvalue weighted by atomic mass is 35.5. The van der Waals surface area contributed by atoms with Crippen LogP contribution in [0, 0.1) is 11.7 Å². The van der Waals surface area contributed by atoms with Crippen LogP contribution < -0.4 is 15.4 Å². The van der Waals surface area contributed by atoms with Crippen molar-refractivity contribution < 1.29 is 13.9 Å². The molecular weight excluding hydrogens is 295 g/mol. The second-order valence-electron chi connectivity index (χ2n) is 5.11. The minimum absolute atomic E-state index is 0. The molecule has 0 saturated carbocycles. The van der Waals surface area contributed by atoms with E-state index in [9.17, 15) is 9.18 Å². The van der Waals surface area contributed by atoms with Gasteiger partial charge in [0.25, 0.3) is 0 Å². The first-order valence-corrected chi connectivity index (χ1v) is 6.97. The molecule has 1 aliphatic heterocycles. The molecule has 4 nitrogen and oxygen atoms in total. The topological polar surface area (TPSA) is 50.4 Å². The predicted octanol–water partition coefficient (Wildman–Crippen LogP) is 2.43. The molecule has 1 atom stereocenters. The summed E-state index contributed by atoms with van der Waals surface area (Å²) in [6.45, 7) is 3.49. The zero-order valence-electron chi connectivity index (χ0n) is 12.3. The number of ether oxygens (including phenoxy) is 1. The van der Waals surface area contributed by atoms with Gasteiger partial charge in [0.2, 0.25) is 5.91 Å². The van der Waals surface area contributed by atoms with Crippen molar-refractivity contribution in [2.45, 2.75) is 25.8 Å². The first-order valence-electron chi connectivity index (χ1n) is 6.97. The Bertz CT molecular complexity index is 479. The van der Waals surface area contributed by atoms with Crippen LogP contribution in [-0.4, -0.2) is 26.1 Å². The summed E-state index contributed by atoms with van der Waals surface area (Å²) in [5.74, 6) is 0.103. The Balaban J connectivity index is 0.00000220. The summed E-state index contributed by atoms with van der Waals surface area (Å²) in [7, 11) is 1.50. The van der Waals surface area contributed by atoms with Crippen molar-refractivity contribution in [1.82, 2.24) is 10.6 Å². The highest BCUT2D eigenvalue weighted by Crippen LogP contribution is 2.28. The maximum atomic E-state index is 13.9. The normalized spacial score (nSPS) is 16.7. The third-order valence-corrected chi connectivity index (χ3v) is 3.73. The van der Waals surface area contributed by atoms with E-state index in [-0.39, 0.29) is 30.0 Å². The lowest BCUT2D eigenvalue weighted by Crippen LogP contribution is -2.39. The van der Waals surface area contributed by atoms with Crippen LogP contribution in [-0.2, 0) is 4.79 Å². The number of carbonyl (C=O) groups is 1. The fraction of sp³-hybridized carbons (Fsp3) is 0.533. The Hall–Kier alpha value is -1.33. The van der Waals surface area contributed by atoms with Crippen LogP contribution in [0.15, 0.2) is 18.2 Å². The number of methoxy groups -OCH3 is 1. The first-order chi connectivity index (χ1) is 9.63. The summed E-state index contributed by atoms with van der Waals surface area (Å²) in [6, 6.07) is 4.27. The maximum Gasteiger partial charge on any atom is 0.223 e. The molecule has 1 amide bonds. The maximum absolute atomic E-state index is 13.9. The fourth-order valence-corrected chi connectivity index (χ4v) is 2.60. The molecule has 0 spiro atoms. The van der Waals surface area contributed by atoms with Gasteiger partial charge in [-0.25, -0.2) is 4.39 Å². The van der Waals surface area contributed by atoms with Crippen LogP contribution in [0.1, 0.15) is 31.4 Å². The molecule has 0 aliphatic carbocycles. The van der Waals surface area contributed by atoms with Crippen molar-refractivity contribution in [3.05, 3.63) is 29.6 Å². The minimum Gasteiger partial charge on any atom is -0.496 e. The van der Waals surface area contributed by atoms with E-state index < -0.39 is 6.04 Å². The van der Waals surface area contributed by atoms with Crippen LogP contribution in [0.2, 0.25) is 0 Å². The SMILES string of the molecule is COc1cccc(F)c1C(C)NC(=O)C1CCNCC1.Cl. The quantitative estimate of drug-likeness (QED) is 0.897. The Morgan fingerprint density at radius 1 is 1.43 bits per heavy atom. The second kappa shape index (κ2) is 8.20. The fourth-order valence-electron chi connectivity index (χ4n) is 2.60. The van der Waals surface area contributed by atoms with Crippen molar-refractivity contribution in [1.29, 1.82) is 0 Å². The molecule has 1 saturated heterocycles. The van der Waals surface area contributed by atoms with Gasteiger partial charge in [-0.2, -0.15) is 0 Å². The first kappa shape index (κ1) is 17.7. The predicted molar refractivity (Wildman–Crippen MR) is 82.4 cm³/mol. The second-order valence-corrected chi connectivity index (χ2v) is 5.11. The minimum atomic E-state index is -0.409. The summed E-state index contributed by atoms with van der Waals surface area (Å²) in [4.78, 5) is 12.2. The van der Waals surface area contributed by atoms with Gasteiger partial charge >= 0.3 is 0 Å². The van der Waals surface area contributed by atoms with Gasteiger partial charge in [0.05, 0.1) is 18.7 Å². The van der Waals surface area contributed by atoms with Gasteiger partial charge in [0.15, 0.2) is 0 Å². The van der Waals surface area contributed by atoms with Crippen LogP contribution in [0.25, 0.3) is 0 Å². The summed E-state index contributed by atoms with van der Waals surface area (Å²) in [5, 5.41) is 6.12. The lowest BCUT2D eigenvalue weighted by atomic mass is 9.96. The summed E-state index contributed by atoms with van der Waals surface area (Å²) in [6.07, 6.45) is 1.65. The molecule has 1 aromatic rings. The number of nitrogens with one attached hydrogen (secondary N) is 2. The molecule has 118 valence electrons. The summed E-state index contributed by atoms with van der Waals surface area (Å²) in [5.41, 5.74) is 0.400. The van der Waals surface area contributed by atoms with Gasteiger partial charge in [-0.15, -0.1) is 12.4 Å². The molecular formula is C15H22ClFN2O2. The number of carbonyl (C=O) groups excluding carboxylic acids is 1. The lowest BCUT2D eigenvalue weighted by Gasteiger charge is -2.24. The van der Waals surface area contributed by atoms with E-state index in [0.29, 0.717) is 11.3 Å². The van der Waals surface area contributed by atoms with Crippen molar-refractivity contribution >= 4 is 18.3 Å². The van der Waals surface area contributed by atoms with Crippen molar-refractivity contribution in [3.8, 4) is 5.75 Å². The van der Waals surface area contributed by atoms with Crippen LogP contribution in [0.4, 0.5) is 4.39 Å². The summed E-state index contributed by atoms with van der Waals surface area (Å²) < 4.78 is 19.1. The number of benzene rings is 1. The van der Waals surface area contributed by atoms with Gasteiger partial charge in [-0.1, -0.05) is 6.07 Å². The molecule has 2 N–H and O–H groups in total. The summed E-state index contributed by atoms with van der Waals surface area (Å²) >= 11 is 0. The van der Waals surface area contributed by atoms with E-state index in [2.05, 4.69) is 10.6 Å². The van der Waals surface area contributed by atoms with E-state index in [0.717, 1.165) is 25.9 Å². The molecule has 1 aliphatic rings. The molecule has 0 aromatic heterocycles. The van der Waals surface area contributed by atoms with Gasteiger partial charge in [0.1, 0.15) is 11.6 Å². The molecule has 1 aromatic carbocycles. The smallest absolute Gasteiger partial charge is 0.223 e. The third-order valence-electron chi connectivity index (χ3n) is 3.73. The number of piperidine rings is 1. The van der Waals surface area contributed by atoms with E-state index in [1.165, 1.54) is 13.2 Å². The highest BCUT2D eigenvalue weighted by molar-refractivity contribution is 5.85. The van der Waals surface area contributed by atoms with Gasteiger partial charge in [-0.05, 0) is 45.0 Å². The molecule has 0 bridgehead atoms. The van der Waals surface area contributed by atoms with Gasteiger partial charge < -0.3 is 15.4 Å². The van der Waals surface area contributed by atoms with Crippen LogP contribution >= 0.6 is 12.4 Å².